The summed E-state index contributed by atoms with van der Waals surface area (Å²) < 4.78 is 6.53. The van der Waals surface area contributed by atoms with Crippen LogP contribution in [0, 0.1) is 20.8 Å². The molecule has 0 saturated heterocycles. The van der Waals surface area contributed by atoms with E-state index in [-0.39, 0.29) is 13.2 Å². The van der Waals surface area contributed by atoms with Crippen LogP contribution in [0.3, 0.4) is 0 Å². The zero-order valence-corrected chi connectivity index (χ0v) is 15.7. The maximum atomic E-state index is 9.55. The summed E-state index contributed by atoms with van der Waals surface area (Å²) in [5.41, 5.74) is 6.06. The van der Waals surface area contributed by atoms with Gasteiger partial charge in [0.1, 0.15) is 5.60 Å². The molecule has 0 spiro atoms. The number of aliphatic hydroxyl groups excluding tert-OH is 1. The van der Waals surface area contributed by atoms with Crippen LogP contribution in [0.25, 0.3) is 0 Å². The lowest BCUT2D eigenvalue weighted by atomic mass is 9.75. The van der Waals surface area contributed by atoms with Crippen molar-refractivity contribution in [3.63, 3.8) is 0 Å². The summed E-state index contributed by atoms with van der Waals surface area (Å²) in [7, 11) is 0. The Morgan fingerprint density at radius 1 is 0.654 bits per heavy atom. The van der Waals surface area contributed by atoms with E-state index in [2.05, 4.69) is 75.4 Å². The second-order valence-electron chi connectivity index (χ2n) is 6.70. The average Bonchev–Trinajstić information content (AvgIpc) is 2.65. The zero-order chi connectivity index (χ0) is 18.6. The van der Waals surface area contributed by atoms with E-state index in [1.54, 1.807) is 0 Å². The van der Waals surface area contributed by atoms with E-state index in [9.17, 15) is 5.11 Å². The van der Waals surface area contributed by atoms with Gasteiger partial charge >= 0.3 is 0 Å². The largest absolute Gasteiger partial charge is 0.394 e. The number of aryl methyl sites for hydroxylation is 3. The van der Waals surface area contributed by atoms with E-state index in [4.69, 9.17) is 4.74 Å². The van der Waals surface area contributed by atoms with Crippen molar-refractivity contribution in [3.8, 4) is 0 Å². The molecule has 0 radical (unpaired) electrons. The third-order valence-corrected chi connectivity index (χ3v) is 4.98. The van der Waals surface area contributed by atoms with Gasteiger partial charge in [0.05, 0.1) is 13.2 Å². The van der Waals surface area contributed by atoms with Crippen LogP contribution in [-0.4, -0.2) is 18.3 Å². The molecule has 1 N–H and O–H groups in total. The molecule has 2 nitrogen and oxygen atoms in total. The predicted octanol–water partition coefficient (Wildman–Crippen LogP) is 4.91. The minimum Gasteiger partial charge on any atom is -0.394 e. The van der Waals surface area contributed by atoms with Gasteiger partial charge in [-0.1, -0.05) is 72.8 Å². The molecule has 26 heavy (non-hydrogen) atoms. The first-order valence-electron chi connectivity index (χ1n) is 9.04. The Balaban J connectivity index is 2.41. The molecular formula is C24H26O2. The summed E-state index contributed by atoms with van der Waals surface area (Å²) in [6.45, 7) is 6.58. The SMILES string of the molecule is Cc1ccccc1C(OCCO)(c1ccccc1C)c1ccccc1C. The second kappa shape index (κ2) is 7.86. The molecule has 0 atom stereocenters. The fraction of sp³-hybridized carbons (Fsp3) is 0.250. The molecule has 0 unspecified atom stereocenters. The van der Waals surface area contributed by atoms with Crippen LogP contribution in [0.1, 0.15) is 33.4 Å². The highest BCUT2D eigenvalue weighted by atomic mass is 16.5. The molecule has 0 aliphatic heterocycles. The van der Waals surface area contributed by atoms with E-state index in [0.717, 1.165) is 33.4 Å². The van der Waals surface area contributed by atoms with E-state index in [0.29, 0.717) is 0 Å². The summed E-state index contributed by atoms with van der Waals surface area (Å²) in [6.07, 6.45) is 0. The maximum absolute atomic E-state index is 9.55. The van der Waals surface area contributed by atoms with Gasteiger partial charge in [-0.15, -0.1) is 0 Å². The summed E-state index contributed by atoms with van der Waals surface area (Å²) in [5.74, 6) is 0. The number of hydrogen-bond donors (Lipinski definition) is 1. The Morgan fingerprint density at radius 2 is 1.00 bits per heavy atom. The molecule has 0 aliphatic rings. The van der Waals surface area contributed by atoms with Crippen LogP contribution in [0.15, 0.2) is 72.8 Å². The van der Waals surface area contributed by atoms with Gasteiger partial charge in [-0.05, 0) is 54.2 Å². The number of aliphatic hydroxyl groups is 1. The molecule has 0 fully saturated rings. The molecule has 3 aromatic rings. The van der Waals surface area contributed by atoms with Crippen LogP contribution >= 0.6 is 0 Å². The maximum Gasteiger partial charge on any atom is 0.144 e. The smallest absolute Gasteiger partial charge is 0.144 e. The first-order chi connectivity index (χ1) is 12.6. The van der Waals surface area contributed by atoms with Crippen LogP contribution in [-0.2, 0) is 10.3 Å². The summed E-state index contributed by atoms with van der Waals surface area (Å²) >= 11 is 0. The van der Waals surface area contributed by atoms with Gasteiger partial charge in [0.15, 0.2) is 0 Å². The topological polar surface area (TPSA) is 29.5 Å². The Labute approximate surface area is 156 Å². The minimum absolute atomic E-state index is 0.0224. The highest BCUT2D eigenvalue weighted by Crippen LogP contribution is 2.44. The highest BCUT2D eigenvalue weighted by Gasteiger charge is 2.40. The van der Waals surface area contributed by atoms with Gasteiger partial charge in [0, 0.05) is 0 Å². The van der Waals surface area contributed by atoms with Gasteiger partial charge in [0.25, 0.3) is 0 Å². The molecule has 0 bridgehead atoms. The van der Waals surface area contributed by atoms with E-state index < -0.39 is 5.60 Å². The van der Waals surface area contributed by atoms with Crippen LogP contribution < -0.4 is 0 Å². The predicted molar refractivity (Wildman–Crippen MR) is 106 cm³/mol. The van der Waals surface area contributed by atoms with Crippen molar-refractivity contribution in [2.24, 2.45) is 0 Å². The van der Waals surface area contributed by atoms with Gasteiger partial charge in [-0.3, -0.25) is 0 Å². The molecule has 0 aromatic heterocycles. The van der Waals surface area contributed by atoms with Gasteiger partial charge < -0.3 is 9.84 Å². The Bertz CT molecular complexity index is 772. The van der Waals surface area contributed by atoms with Crippen molar-refractivity contribution in [3.05, 3.63) is 106 Å². The van der Waals surface area contributed by atoms with Crippen molar-refractivity contribution >= 4 is 0 Å². The van der Waals surface area contributed by atoms with Crippen molar-refractivity contribution < 1.29 is 9.84 Å². The highest BCUT2D eigenvalue weighted by molar-refractivity contribution is 5.54. The van der Waals surface area contributed by atoms with Crippen molar-refractivity contribution in [1.29, 1.82) is 0 Å². The third-order valence-electron chi connectivity index (χ3n) is 4.98. The molecule has 3 rings (SSSR count). The fourth-order valence-electron chi connectivity index (χ4n) is 3.77. The fourth-order valence-corrected chi connectivity index (χ4v) is 3.77. The van der Waals surface area contributed by atoms with Crippen LogP contribution in [0.4, 0.5) is 0 Å². The summed E-state index contributed by atoms with van der Waals surface area (Å²) in [6, 6.07) is 25.0. The van der Waals surface area contributed by atoms with Crippen molar-refractivity contribution in [1.82, 2.24) is 0 Å². The normalized spacial score (nSPS) is 11.5. The standard InChI is InChI=1S/C24H26O2/c1-18-10-4-7-13-21(18)24(26-17-16-25,22-14-8-5-11-19(22)2)23-15-9-6-12-20(23)3/h4-15,25H,16-17H2,1-3H3. The van der Waals surface area contributed by atoms with E-state index in [1.807, 2.05) is 18.2 Å². The lowest BCUT2D eigenvalue weighted by Crippen LogP contribution is -2.36. The summed E-state index contributed by atoms with van der Waals surface area (Å²) in [4.78, 5) is 0. The minimum atomic E-state index is -0.759. The third kappa shape index (κ3) is 3.18. The molecule has 134 valence electrons. The summed E-state index contributed by atoms with van der Waals surface area (Å²) in [5, 5.41) is 9.55. The average molecular weight is 346 g/mol. The van der Waals surface area contributed by atoms with Gasteiger partial charge in [0.2, 0.25) is 0 Å². The molecule has 0 heterocycles. The van der Waals surface area contributed by atoms with Crippen molar-refractivity contribution in [2.75, 3.05) is 13.2 Å². The van der Waals surface area contributed by atoms with Crippen molar-refractivity contribution in [2.45, 2.75) is 26.4 Å². The molecule has 2 heteroatoms. The van der Waals surface area contributed by atoms with Gasteiger partial charge in [-0.25, -0.2) is 0 Å². The number of ether oxygens (including phenoxy) is 1. The molecule has 3 aromatic carbocycles. The monoisotopic (exact) mass is 346 g/mol. The van der Waals surface area contributed by atoms with Gasteiger partial charge in [-0.2, -0.15) is 0 Å². The number of hydrogen-bond acceptors (Lipinski definition) is 2. The Kier molecular flexibility index (Phi) is 5.55. The lowest BCUT2D eigenvalue weighted by Gasteiger charge is -2.38. The van der Waals surface area contributed by atoms with E-state index >= 15 is 0 Å². The quantitative estimate of drug-likeness (QED) is 0.643. The second-order valence-corrected chi connectivity index (χ2v) is 6.70. The number of rotatable bonds is 6. The number of benzene rings is 3. The Morgan fingerprint density at radius 3 is 1.31 bits per heavy atom. The zero-order valence-electron chi connectivity index (χ0n) is 15.7. The van der Waals surface area contributed by atoms with Crippen LogP contribution in [0.5, 0.6) is 0 Å². The molecule has 0 saturated carbocycles. The lowest BCUT2D eigenvalue weighted by molar-refractivity contribution is -0.00753. The molecule has 0 amide bonds. The Hall–Kier alpha value is -2.42. The molecule has 0 aliphatic carbocycles. The first-order valence-corrected chi connectivity index (χ1v) is 9.04. The van der Waals surface area contributed by atoms with Crippen LogP contribution in [0.2, 0.25) is 0 Å². The van der Waals surface area contributed by atoms with E-state index in [1.165, 1.54) is 0 Å². The first kappa shape index (κ1) is 18.4. The molecular weight excluding hydrogens is 320 g/mol.